The Morgan fingerprint density at radius 3 is 2.88 bits per heavy atom. The highest BCUT2D eigenvalue weighted by Crippen LogP contribution is 2.37. The van der Waals surface area contributed by atoms with Gasteiger partial charge in [0.05, 0.1) is 5.60 Å². The van der Waals surface area contributed by atoms with E-state index in [2.05, 4.69) is 30.9 Å². The van der Waals surface area contributed by atoms with Gasteiger partial charge >= 0.3 is 0 Å². The van der Waals surface area contributed by atoms with Crippen molar-refractivity contribution in [3.8, 4) is 0 Å². The van der Waals surface area contributed by atoms with E-state index < -0.39 is 0 Å². The molecule has 17 heavy (non-hydrogen) atoms. The molecule has 1 spiro atoms. The van der Waals surface area contributed by atoms with Crippen molar-refractivity contribution in [3.63, 3.8) is 0 Å². The standard InChI is InChI=1S/C14H27NOS/c1-3-12(2)11-15-13-4-7-16-14(10-13)5-8-17-9-6-14/h12-13,15H,3-11H2,1-2H3. The molecule has 0 bridgehead atoms. The summed E-state index contributed by atoms with van der Waals surface area (Å²) in [6.45, 7) is 6.74. The fourth-order valence-electron chi connectivity index (χ4n) is 2.81. The molecule has 2 atom stereocenters. The van der Waals surface area contributed by atoms with E-state index in [0.717, 1.165) is 12.5 Å². The molecule has 0 radical (unpaired) electrons. The number of hydrogen-bond acceptors (Lipinski definition) is 3. The molecule has 2 aliphatic heterocycles. The van der Waals surface area contributed by atoms with E-state index in [4.69, 9.17) is 4.74 Å². The Labute approximate surface area is 110 Å². The minimum atomic E-state index is 0.233. The lowest BCUT2D eigenvalue weighted by Crippen LogP contribution is -2.49. The van der Waals surface area contributed by atoms with Gasteiger partial charge in [0.1, 0.15) is 0 Å². The van der Waals surface area contributed by atoms with E-state index in [0.29, 0.717) is 6.04 Å². The lowest BCUT2D eigenvalue weighted by molar-refractivity contribution is -0.0933. The predicted molar refractivity (Wildman–Crippen MR) is 75.7 cm³/mol. The van der Waals surface area contributed by atoms with Crippen LogP contribution >= 0.6 is 11.8 Å². The highest BCUT2D eigenvalue weighted by Gasteiger charge is 2.38. The molecule has 2 heterocycles. The molecule has 0 aliphatic carbocycles. The molecule has 0 aromatic heterocycles. The summed E-state index contributed by atoms with van der Waals surface area (Å²) in [6, 6.07) is 0.695. The molecule has 2 unspecified atom stereocenters. The number of ether oxygens (including phenoxy) is 1. The summed E-state index contributed by atoms with van der Waals surface area (Å²) in [4.78, 5) is 0. The maximum Gasteiger partial charge on any atom is 0.0713 e. The lowest BCUT2D eigenvalue weighted by atomic mass is 9.85. The van der Waals surface area contributed by atoms with Crippen molar-refractivity contribution in [2.24, 2.45) is 5.92 Å². The Morgan fingerprint density at radius 2 is 2.18 bits per heavy atom. The Bertz CT molecular complexity index is 223. The summed E-state index contributed by atoms with van der Waals surface area (Å²) in [7, 11) is 0. The first-order chi connectivity index (χ1) is 8.24. The normalized spacial score (nSPS) is 30.4. The van der Waals surface area contributed by atoms with Crippen molar-refractivity contribution in [2.75, 3.05) is 24.7 Å². The number of nitrogens with one attached hydrogen (secondary N) is 1. The molecule has 1 N–H and O–H groups in total. The zero-order valence-electron chi connectivity index (χ0n) is 11.3. The van der Waals surface area contributed by atoms with Crippen LogP contribution in [0, 0.1) is 5.92 Å². The fourth-order valence-corrected chi connectivity index (χ4v) is 4.04. The molecule has 0 aromatic rings. The Morgan fingerprint density at radius 1 is 1.41 bits per heavy atom. The van der Waals surface area contributed by atoms with E-state index in [1.807, 2.05) is 0 Å². The van der Waals surface area contributed by atoms with Crippen molar-refractivity contribution in [2.45, 2.75) is 57.6 Å². The van der Waals surface area contributed by atoms with Gasteiger partial charge in [-0.3, -0.25) is 0 Å². The third kappa shape index (κ3) is 3.87. The highest BCUT2D eigenvalue weighted by atomic mass is 32.2. The first-order valence-corrected chi connectivity index (χ1v) is 8.35. The number of hydrogen-bond donors (Lipinski definition) is 1. The summed E-state index contributed by atoms with van der Waals surface area (Å²) >= 11 is 2.09. The third-order valence-electron chi connectivity index (χ3n) is 4.35. The molecule has 2 aliphatic rings. The quantitative estimate of drug-likeness (QED) is 0.836. The van der Waals surface area contributed by atoms with E-state index in [9.17, 15) is 0 Å². The van der Waals surface area contributed by atoms with Crippen LogP contribution in [0.15, 0.2) is 0 Å². The number of thioether (sulfide) groups is 1. The van der Waals surface area contributed by atoms with Gasteiger partial charge in [0.15, 0.2) is 0 Å². The van der Waals surface area contributed by atoms with Crippen LogP contribution in [-0.4, -0.2) is 36.3 Å². The zero-order valence-corrected chi connectivity index (χ0v) is 12.2. The van der Waals surface area contributed by atoms with E-state index in [-0.39, 0.29) is 5.60 Å². The van der Waals surface area contributed by atoms with Crippen LogP contribution in [-0.2, 0) is 4.74 Å². The van der Waals surface area contributed by atoms with E-state index in [1.165, 1.54) is 50.2 Å². The van der Waals surface area contributed by atoms with Crippen molar-refractivity contribution in [3.05, 3.63) is 0 Å². The van der Waals surface area contributed by atoms with E-state index >= 15 is 0 Å². The van der Waals surface area contributed by atoms with Gasteiger partial charge in [-0.2, -0.15) is 11.8 Å². The maximum absolute atomic E-state index is 6.12. The third-order valence-corrected chi connectivity index (χ3v) is 5.33. The summed E-state index contributed by atoms with van der Waals surface area (Å²) < 4.78 is 6.12. The first-order valence-electron chi connectivity index (χ1n) is 7.19. The first kappa shape index (κ1) is 13.7. The molecule has 2 saturated heterocycles. The van der Waals surface area contributed by atoms with Crippen LogP contribution in [0.4, 0.5) is 0 Å². The molecule has 0 amide bonds. The van der Waals surface area contributed by atoms with Gasteiger partial charge in [0.2, 0.25) is 0 Å². The Hall–Kier alpha value is 0.270. The average molecular weight is 257 g/mol. The molecule has 0 saturated carbocycles. The molecule has 3 heteroatoms. The smallest absolute Gasteiger partial charge is 0.0713 e. The lowest BCUT2D eigenvalue weighted by Gasteiger charge is -2.43. The summed E-state index contributed by atoms with van der Waals surface area (Å²) in [6.07, 6.45) is 6.24. The van der Waals surface area contributed by atoms with Crippen LogP contribution in [0.25, 0.3) is 0 Å². The van der Waals surface area contributed by atoms with Gasteiger partial charge in [0, 0.05) is 12.6 Å². The van der Waals surface area contributed by atoms with Gasteiger partial charge in [-0.05, 0) is 49.7 Å². The monoisotopic (exact) mass is 257 g/mol. The zero-order chi connectivity index (χ0) is 12.1. The minimum absolute atomic E-state index is 0.233. The summed E-state index contributed by atoms with van der Waals surface area (Å²) in [5.74, 6) is 3.38. The molecule has 100 valence electrons. The van der Waals surface area contributed by atoms with Crippen LogP contribution in [0.1, 0.15) is 46.0 Å². The van der Waals surface area contributed by atoms with Gasteiger partial charge in [-0.1, -0.05) is 20.3 Å². The van der Waals surface area contributed by atoms with Crippen molar-refractivity contribution >= 4 is 11.8 Å². The second-order valence-corrected chi connectivity index (χ2v) is 6.98. The second kappa shape index (κ2) is 6.44. The predicted octanol–water partition coefficient (Wildman–Crippen LogP) is 3.07. The molecule has 2 rings (SSSR count). The SMILES string of the molecule is CCC(C)CNC1CCOC2(CCSCC2)C1. The van der Waals surface area contributed by atoms with Gasteiger partial charge < -0.3 is 10.1 Å². The molecular weight excluding hydrogens is 230 g/mol. The summed E-state index contributed by atoms with van der Waals surface area (Å²) in [5.41, 5.74) is 0.233. The largest absolute Gasteiger partial charge is 0.375 e. The highest BCUT2D eigenvalue weighted by molar-refractivity contribution is 7.99. The molecule has 0 aromatic carbocycles. The fraction of sp³-hybridized carbons (Fsp3) is 1.00. The van der Waals surface area contributed by atoms with Gasteiger partial charge in [-0.25, -0.2) is 0 Å². The summed E-state index contributed by atoms with van der Waals surface area (Å²) in [5, 5.41) is 3.76. The van der Waals surface area contributed by atoms with E-state index in [1.54, 1.807) is 0 Å². The van der Waals surface area contributed by atoms with Crippen LogP contribution in [0.2, 0.25) is 0 Å². The van der Waals surface area contributed by atoms with Crippen LogP contribution in [0.3, 0.4) is 0 Å². The molecule has 2 fully saturated rings. The van der Waals surface area contributed by atoms with Gasteiger partial charge in [0.25, 0.3) is 0 Å². The van der Waals surface area contributed by atoms with Gasteiger partial charge in [-0.15, -0.1) is 0 Å². The molecular formula is C14H27NOS. The topological polar surface area (TPSA) is 21.3 Å². The van der Waals surface area contributed by atoms with Crippen LogP contribution < -0.4 is 5.32 Å². The molecule has 2 nitrogen and oxygen atoms in total. The average Bonchev–Trinajstić information content (AvgIpc) is 2.37. The Kier molecular flexibility index (Phi) is 5.19. The Balaban J connectivity index is 1.79. The van der Waals surface area contributed by atoms with Crippen molar-refractivity contribution in [1.82, 2.24) is 5.32 Å². The maximum atomic E-state index is 6.12. The van der Waals surface area contributed by atoms with Crippen molar-refractivity contribution < 1.29 is 4.74 Å². The number of rotatable bonds is 4. The second-order valence-electron chi connectivity index (χ2n) is 5.76. The van der Waals surface area contributed by atoms with Crippen molar-refractivity contribution in [1.29, 1.82) is 0 Å². The minimum Gasteiger partial charge on any atom is -0.375 e. The van der Waals surface area contributed by atoms with Crippen LogP contribution in [0.5, 0.6) is 0 Å².